The van der Waals surface area contributed by atoms with E-state index in [1.807, 2.05) is 61.2 Å². The molecular weight excluding hydrogens is 342 g/mol. The summed E-state index contributed by atoms with van der Waals surface area (Å²) in [5.74, 6) is 2.09. The molecule has 1 saturated heterocycles. The maximum atomic E-state index is 13.0. The van der Waals surface area contributed by atoms with Crippen LogP contribution in [0.5, 0.6) is 17.2 Å². The van der Waals surface area contributed by atoms with Gasteiger partial charge in [-0.15, -0.1) is 0 Å². The van der Waals surface area contributed by atoms with Crippen LogP contribution < -0.4 is 14.2 Å². The van der Waals surface area contributed by atoms with E-state index < -0.39 is 6.10 Å². The maximum Gasteiger partial charge on any atom is 0.263 e. The highest BCUT2D eigenvalue weighted by atomic mass is 16.5. The molecule has 0 unspecified atom stereocenters. The Balaban J connectivity index is 1.75. The molecule has 3 rings (SSSR count). The van der Waals surface area contributed by atoms with Crippen molar-refractivity contribution >= 4 is 5.91 Å². The normalized spacial score (nSPS) is 17.5. The fraction of sp³-hybridized carbons (Fsp3) is 0.409. The highest BCUT2D eigenvalue weighted by Gasteiger charge is 2.33. The third-order valence-electron chi connectivity index (χ3n) is 5.01. The zero-order valence-electron chi connectivity index (χ0n) is 16.4. The number of likely N-dealkylation sites (tertiary alicyclic amines) is 1. The summed E-state index contributed by atoms with van der Waals surface area (Å²) in [4.78, 5) is 14.9. The monoisotopic (exact) mass is 369 g/mol. The SMILES string of the molecule is COc1ccc([C@@H]2CCCN2C(=O)[C@H](C)Oc2ccc(C)cc2)cc1OC. The van der Waals surface area contributed by atoms with Crippen LogP contribution in [0.3, 0.4) is 0 Å². The van der Waals surface area contributed by atoms with Gasteiger partial charge in [0.2, 0.25) is 0 Å². The molecule has 2 aromatic carbocycles. The van der Waals surface area contributed by atoms with Gasteiger partial charge in [0.05, 0.1) is 20.3 Å². The molecule has 1 amide bonds. The summed E-state index contributed by atoms with van der Waals surface area (Å²) in [6, 6.07) is 13.6. The van der Waals surface area contributed by atoms with Crippen molar-refractivity contribution in [3.05, 3.63) is 53.6 Å². The van der Waals surface area contributed by atoms with E-state index in [9.17, 15) is 4.79 Å². The van der Waals surface area contributed by atoms with Crippen LogP contribution in [0.1, 0.15) is 36.9 Å². The Morgan fingerprint density at radius 2 is 1.78 bits per heavy atom. The molecule has 0 spiro atoms. The van der Waals surface area contributed by atoms with Crippen molar-refractivity contribution in [3.8, 4) is 17.2 Å². The van der Waals surface area contributed by atoms with E-state index in [0.29, 0.717) is 17.2 Å². The van der Waals surface area contributed by atoms with Crippen LogP contribution in [0.2, 0.25) is 0 Å². The number of hydrogen-bond donors (Lipinski definition) is 0. The molecule has 0 N–H and O–H groups in total. The quantitative estimate of drug-likeness (QED) is 0.768. The van der Waals surface area contributed by atoms with Gasteiger partial charge in [-0.1, -0.05) is 23.8 Å². The lowest BCUT2D eigenvalue weighted by atomic mass is 10.0. The largest absolute Gasteiger partial charge is 0.493 e. The van der Waals surface area contributed by atoms with Gasteiger partial charge in [0.25, 0.3) is 5.91 Å². The first kappa shape index (κ1) is 19.1. The first-order chi connectivity index (χ1) is 13.0. The number of ether oxygens (including phenoxy) is 3. The third kappa shape index (κ3) is 4.18. The summed E-state index contributed by atoms with van der Waals surface area (Å²) in [6.45, 7) is 4.57. The Hall–Kier alpha value is -2.69. The highest BCUT2D eigenvalue weighted by Crippen LogP contribution is 2.37. The lowest BCUT2D eigenvalue weighted by Gasteiger charge is -2.28. The van der Waals surface area contributed by atoms with E-state index in [2.05, 4.69) is 0 Å². The van der Waals surface area contributed by atoms with Crippen molar-refractivity contribution in [1.29, 1.82) is 0 Å². The number of carbonyl (C=O) groups is 1. The molecule has 0 radical (unpaired) electrons. The van der Waals surface area contributed by atoms with Crippen LogP contribution in [0.15, 0.2) is 42.5 Å². The molecule has 0 bridgehead atoms. The van der Waals surface area contributed by atoms with Crippen LogP contribution in [0, 0.1) is 6.92 Å². The Labute approximate surface area is 160 Å². The Morgan fingerprint density at radius 3 is 2.44 bits per heavy atom. The van der Waals surface area contributed by atoms with Crippen molar-refractivity contribution in [3.63, 3.8) is 0 Å². The number of amides is 1. The number of benzene rings is 2. The van der Waals surface area contributed by atoms with Gasteiger partial charge in [0, 0.05) is 6.54 Å². The minimum atomic E-state index is -0.534. The lowest BCUT2D eigenvalue weighted by Crippen LogP contribution is -2.40. The van der Waals surface area contributed by atoms with Gasteiger partial charge in [-0.3, -0.25) is 4.79 Å². The fourth-order valence-corrected chi connectivity index (χ4v) is 3.54. The average Bonchev–Trinajstić information content (AvgIpc) is 3.18. The third-order valence-corrected chi connectivity index (χ3v) is 5.01. The zero-order valence-corrected chi connectivity index (χ0v) is 16.4. The van der Waals surface area contributed by atoms with E-state index in [0.717, 1.165) is 30.5 Å². The molecule has 2 aromatic rings. The standard InChI is InChI=1S/C22H27NO4/c1-15-7-10-18(11-8-15)27-16(2)22(24)23-13-5-6-19(23)17-9-12-20(25-3)21(14-17)26-4/h7-12,14,16,19H,5-6,13H2,1-4H3/t16-,19-/m0/s1. The summed E-state index contributed by atoms with van der Waals surface area (Å²) in [5.41, 5.74) is 2.22. The van der Waals surface area contributed by atoms with Crippen LogP contribution in [-0.2, 0) is 4.79 Å². The van der Waals surface area contributed by atoms with Crippen molar-refractivity contribution in [1.82, 2.24) is 4.90 Å². The average molecular weight is 369 g/mol. The molecule has 144 valence electrons. The molecule has 5 heteroatoms. The molecule has 0 aliphatic carbocycles. The topological polar surface area (TPSA) is 48.0 Å². The molecule has 0 aromatic heterocycles. The fourth-order valence-electron chi connectivity index (χ4n) is 3.54. The number of rotatable bonds is 6. The van der Waals surface area contributed by atoms with Crippen LogP contribution >= 0.6 is 0 Å². The number of nitrogens with zero attached hydrogens (tertiary/aromatic N) is 1. The van der Waals surface area contributed by atoms with E-state index in [1.54, 1.807) is 14.2 Å². The summed E-state index contributed by atoms with van der Waals surface area (Å²) in [6.07, 6.45) is 1.37. The second-order valence-electron chi connectivity index (χ2n) is 6.88. The predicted molar refractivity (Wildman–Crippen MR) is 105 cm³/mol. The summed E-state index contributed by atoms with van der Waals surface area (Å²) < 4.78 is 16.6. The zero-order chi connectivity index (χ0) is 19.4. The van der Waals surface area contributed by atoms with Gasteiger partial charge in [-0.2, -0.15) is 0 Å². The maximum absolute atomic E-state index is 13.0. The van der Waals surface area contributed by atoms with Crippen molar-refractivity contribution in [2.45, 2.75) is 38.8 Å². The number of hydrogen-bond acceptors (Lipinski definition) is 4. The Morgan fingerprint density at radius 1 is 1.07 bits per heavy atom. The highest BCUT2D eigenvalue weighted by molar-refractivity contribution is 5.81. The molecule has 0 saturated carbocycles. The van der Waals surface area contributed by atoms with Gasteiger partial charge in [0.1, 0.15) is 5.75 Å². The smallest absolute Gasteiger partial charge is 0.263 e. The number of aryl methyl sites for hydroxylation is 1. The molecule has 1 fully saturated rings. The minimum absolute atomic E-state index is 0.00728. The van der Waals surface area contributed by atoms with E-state index in [4.69, 9.17) is 14.2 Å². The molecule has 2 atom stereocenters. The minimum Gasteiger partial charge on any atom is -0.493 e. The summed E-state index contributed by atoms with van der Waals surface area (Å²) in [5, 5.41) is 0. The predicted octanol–water partition coefficient (Wildman–Crippen LogP) is 4.14. The molecule has 5 nitrogen and oxygen atoms in total. The molecule has 1 aliphatic heterocycles. The van der Waals surface area contributed by atoms with Crippen LogP contribution in [-0.4, -0.2) is 37.7 Å². The molecule has 1 heterocycles. The van der Waals surface area contributed by atoms with Crippen LogP contribution in [0.25, 0.3) is 0 Å². The Kier molecular flexibility index (Phi) is 5.89. The van der Waals surface area contributed by atoms with Gasteiger partial charge in [0.15, 0.2) is 17.6 Å². The van der Waals surface area contributed by atoms with Gasteiger partial charge in [-0.05, 0) is 56.5 Å². The van der Waals surface area contributed by atoms with Crippen molar-refractivity contribution in [2.75, 3.05) is 20.8 Å². The van der Waals surface area contributed by atoms with E-state index in [1.165, 1.54) is 0 Å². The molecular formula is C22H27NO4. The van der Waals surface area contributed by atoms with Crippen LogP contribution in [0.4, 0.5) is 0 Å². The number of carbonyl (C=O) groups excluding carboxylic acids is 1. The second kappa shape index (κ2) is 8.33. The van der Waals surface area contributed by atoms with Crippen molar-refractivity contribution < 1.29 is 19.0 Å². The van der Waals surface area contributed by atoms with Gasteiger partial charge >= 0.3 is 0 Å². The summed E-state index contributed by atoms with van der Waals surface area (Å²) >= 11 is 0. The van der Waals surface area contributed by atoms with Crippen molar-refractivity contribution in [2.24, 2.45) is 0 Å². The van der Waals surface area contributed by atoms with Gasteiger partial charge < -0.3 is 19.1 Å². The Bertz CT molecular complexity index is 787. The lowest BCUT2D eigenvalue weighted by molar-refractivity contribution is -0.138. The number of methoxy groups -OCH3 is 2. The van der Waals surface area contributed by atoms with Gasteiger partial charge in [-0.25, -0.2) is 0 Å². The van der Waals surface area contributed by atoms with E-state index in [-0.39, 0.29) is 11.9 Å². The molecule has 1 aliphatic rings. The molecule has 27 heavy (non-hydrogen) atoms. The first-order valence-corrected chi connectivity index (χ1v) is 9.29. The summed E-state index contributed by atoms with van der Waals surface area (Å²) in [7, 11) is 3.24. The first-order valence-electron chi connectivity index (χ1n) is 9.29. The van der Waals surface area contributed by atoms with E-state index >= 15 is 0 Å². The second-order valence-corrected chi connectivity index (χ2v) is 6.88.